The quantitative estimate of drug-likeness (QED) is 0.791. The van der Waals surface area contributed by atoms with Gasteiger partial charge >= 0.3 is 0 Å². The van der Waals surface area contributed by atoms with Crippen LogP contribution in [0.15, 0.2) is 21.5 Å². The van der Waals surface area contributed by atoms with E-state index < -0.39 is 9.05 Å². The fourth-order valence-corrected chi connectivity index (χ4v) is 3.31. The van der Waals surface area contributed by atoms with Crippen molar-refractivity contribution in [3.63, 3.8) is 0 Å². The number of carbonyl (C=O) groups excluding carboxylic acids is 1. The van der Waals surface area contributed by atoms with Crippen molar-refractivity contribution in [3.05, 3.63) is 22.2 Å². The maximum absolute atomic E-state index is 12.1. The molecule has 21 heavy (non-hydrogen) atoms. The van der Waals surface area contributed by atoms with Gasteiger partial charge in [-0.25, -0.2) is 8.42 Å². The van der Waals surface area contributed by atoms with Gasteiger partial charge in [0.1, 0.15) is 4.90 Å². The van der Waals surface area contributed by atoms with E-state index in [2.05, 4.69) is 21.2 Å². The SMILES string of the molecule is COc1c(Br)cc(C(=O)NCC(C)(C)C)cc1S(=O)(=O)Cl. The molecule has 0 unspecified atom stereocenters. The molecule has 118 valence electrons. The zero-order valence-corrected chi connectivity index (χ0v) is 15.3. The summed E-state index contributed by atoms with van der Waals surface area (Å²) in [5.74, 6) is -0.313. The number of methoxy groups -OCH3 is 1. The van der Waals surface area contributed by atoms with E-state index in [-0.39, 0.29) is 27.5 Å². The number of carbonyl (C=O) groups is 1. The topological polar surface area (TPSA) is 72.5 Å². The van der Waals surface area contributed by atoms with Gasteiger partial charge in [-0.1, -0.05) is 20.8 Å². The van der Waals surface area contributed by atoms with Crippen LogP contribution in [0.3, 0.4) is 0 Å². The van der Waals surface area contributed by atoms with Crippen molar-refractivity contribution in [2.24, 2.45) is 5.41 Å². The third kappa shape index (κ3) is 5.16. The molecule has 0 atom stereocenters. The lowest BCUT2D eigenvalue weighted by atomic mass is 9.97. The van der Waals surface area contributed by atoms with Gasteiger partial charge in [0, 0.05) is 22.8 Å². The lowest BCUT2D eigenvalue weighted by Gasteiger charge is -2.19. The van der Waals surface area contributed by atoms with E-state index in [1.807, 2.05) is 20.8 Å². The van der Waals surface area contributed by atoms with Crippen LogP contribution in [0.2, 0.25) is 0 Å². The van der Waals surface area contributed by atoms with E-state index in [1.165, 1.54) is 19.2 Å². The lowest BCUT2D eigenvalue weighted by molar-refractivity contribution is 0.0939. The third-order valence-electron chi connectivity index (χ3n) is 2.52. The largest absolute Gasteiger partial charge is 0.494 e. The monoisotopic (exact) mass is 397 g/mol. The van der Waals surface area contributed by atoms with Gasteiger partial charge < -0.3 is 10.1 Å². The minimum atomic E-state index is -4.03. The number of benzene rings is 1. The molecule has 0 saturated heterocycles. The van der Waals surface area contributed by atoms with Crippen molar-refractivity contribution in [3.8, 4) is 5.75 Å². The number of rotatable bonds is 4. The van der Waals surface area contributed by atoms with Crippen molar-refractivity contribution in [1.29, 1.82) is 0 Å². The lowest BCUT2D eigenvalue weighted by Crippen LogP contribution is -2.32. The van der Waals surface area contributed by atoms with Gasteiger partial charge in [-0.3, -0.25) is 4.79 Å². The molecule has 1 amide bonds. The fourth-order valence-electron chi connectivity index (χ4n) is 1.53. The molecule has 1 N–H and O–H groups in total. The van der Waals surface area contributed by atoms with Crippen molar-refractivity contribution >= 4 is 41.6 Å². The Morgan fingerprint density at radius 1 is 1.38 bits per heavy atom. The number of amides is 1. The molecule has 0 bridgehead atoms. The highest BCUT2D eigenvalue weighted by Gasteiger charge is 2.23. The normalized spacial score (nSPS) is 12.1. The summed E-state index contributed by atoms with van der Waals surface area (Å²) in [6.45, 7) is 6.39. The van der Waals surface area contributed by atoms with Gasteiger partial charge in [0.05, 0.1) is 11.6 Å². The van der Waals surface area contributed by atoms with Crippen molar-refractivity contribution in [2.75, 3.05) is 13.7 Å². The first kappa shape index (κ1) is 18.3. The fraction of sp³-hybridized carbons (Fsp3) is 0.462. The summed E-state index contributed by atoms with van der Waals surface area (Å²) in [5, 5.41) is 2.74. The second-order valence-electron chi connectivity index (χ2n) is 5.67. The molecule has 1 rings (SSSR count). The minimum absolute atomic E-state index is 0.0670. The Labute approximate surface area is 137 Å². The molecule has 0 spiro atoms. The maximum atomic E-state index is 12.1. The molecule has 0 aliphatic carbocycles. The van der Waals surface area contributed by atoms with E-state index in [0.29, 0.717) is 11.0 Å². The molecule has 0 radical (unpaired) electrons. The van der Waals surface area contributed by atoms with Crippen LogP contribution < -0.4 is 10.1 Å². The standard InChI is InChI=1S/C13H17BrClNO4S/c1-13(2,3)7-16-12(17)8-5-9(14)11(20-4)10(6-8)21(15,18)19/h5-6H,7H2,1-4H3,(H,16,17). The van der Waals surface area contributed by atoms with E-state index in [0.717, 1.165) is 0 Å². The molecule has 8 heteroatoms. The number of ether oxygens (including phenoxy) is 1. The predicted octanol–water partition coefficient (Wildman–Crippen LogP) is 3.16. The predicted molar refractivity (Wildman–Crippen MR) is 85.5 cm³/mol. The number of halogens is 2. The molecule has 0 aromatic heterocycles. The van der Waals surface area contributed by atoms with Crippen molar-refractivity contribution < 1.29 is 17.9 Å². The summed E-state index contributed by atoms with van der Waals surface area (Å²) < 4.78 is 28.5. The summed E-state index contributed by atoms with van der Waals surface area (Å²) in [4.78, 5) is 11.9. The van der Waals surface area contributed by atoms with Crippen LogP contribution in [-0.2, 0) is 9.05 Å². The average Bonchev–Trinajstić information content (AvgIpc) is 2.32. The zero-order chi connectivity index (χ0) is 16.4. The molecule has 0 saturated carbocycles. The molecule has 5 nitrogen and oxygen atoms in total. The van der Waals surface area contributed by atoms with Crippen LogP contribution in [0.5, 0.6) is 5.75 Å². The Morgan fingerprint density at radius 2 is 1.95 bits per heavy atom. The molecular weight excluding hydrogens is 382 g/mol. The highest BCUT2D eigenvalue weighted by atomic mass is 79.9. The summed E-state index contributed by atoms with van der Waals surface area (Å²) in [6.07, 6.45) is 0. The Kier molecular flexibility index (Phi) is 5.69. The second-order valence-corrected chi connectivity index (χ2v) is 9.06. The summed E-state index contributed by atoms with van der Waals surface area (Å²) in [6, 6.07) is 2.69. The summed E-state index contributed by atoms with van der Waals surface area (Å²) >= 11 is 3.18. The molecule has 0 aliphatic heterocycles. The summed E-state index contributed by atoms with van der Waals surface area (Å²) in [7, 11) is 2.67. The van der Waals surface area contributed by atoms with Crippen LogP contribution in [-0.4, -0.2) is 28.0 Å². The second kappa shape index (κ2) is 6.54. The van der Waals surface area contributed by atoms with E-state index in [4.69, 9.17) is 15.4 Å². The van der Waals surface area contributed by atoms with Crippen LogP contribution in [0.1, 0.15) is 31.1 Å². The first-order valence-electron chi connectivity index (χ1n) is 6.06. The van der Waals surface area contributed by atoms with Gasteiger partial charge in [-0.2, -0.15) is 0 Å². The van der Waals surface area contributed by atoms with Crippen molar-refractivity contribution in [1.82, 2.24) is 5.32 Å². The third-order valence-corrected chi connectivity index (χ3v) is 4.43. The molecule has 1 aromatic rings. The zero-order valence-electron chi connectivity index (χ0n) is 12.2. The molecule has 0 fully saturated rings. The molecular formula is C13H17BrClNO4S. The van der Waals surface area contributed by atoms with E-state index in [1.54, 1.807) is 0 Å². The molecule has 0 heterocycles. The Bertz CT molecular complexity index is 653. The Balaban J connectivity index is 3.22. The van der Waals surface area contributed by atoms with E-state index in [9.17, 15) is 13.2 Å². The summed E-state index contributed by atoms with van der Waals surface area (Å²) in [5.41, 5.74) is 0.104. The Hall–Kier alpha value is -0.790. The number of hydrogen-bond donors (Lipinski definition) is 1. The number of nitrogens with one attached hydrogen (secondary N) is 1. The molecule has 1 aromatic carbocycles. The van der Waals surface area contributed by atoms with Gasteiger partial charge in [-0.05, 0) is 33.5 Å². The maximum Gasteiger partial charge on any atom is 0.265 e. The van der Waals surface area contributed by atoms with Gasteiger partial charge in [0.15, 0.2) is 5.75 Å². The minimum Gasteiger partial charge on any atom is -0.494 e. The van der Waals surface area contributed by atoms with Crippen LogP contribution in [0.4, 0.5) is 0 Å². The van der Waals surface area contributed by atoms with Crippen LogP contribution >= 0.6 is 26.6 Å². The smallest absolute Gasteiger partial charge is 0.265 e. The van der Waals surface area contributed by atoms with E-state index >= 15 is 0 Å². The Morgan fingerprint density at radius 3 is 2.38 bits per heavy atom. The van der Waals surface area contributed by atoms with Gasteiger partial charge in [0.25, 0.3) is 15.0 Å². The van der Waals surface area contributed by atoms with Crippen LogP contribution in [0, 0.1) is 5.41 Å². The van der Waals surface area contributed by atoms with Gasteiger partial charge in [-0.15, -0.1) is 0 Å². The average molecular weight is 399 g/mol. The highest BCUT2D eigenvalue weighted by molar-refractivity contribution is 9.10. The van der Waals surface area contributed by atoms with Gasteiger partial charge in [0.2, 0.25) is 0 Å². The first-order chi connectivity index (χ1) is 9.45. The molecule has 0 aliphatic rings. The number of hydrogen-bond acceptors (Lipinski definition) is 4. The highest BCUT2D eigenvalue weighted by Crippen LogP contribution is 2.35. The van der Waals surface area contributed by atoms with Crippen molar-refractivity contribution in [2.45, 2.75) is 25.7 Å². The van der Waals surface area contributed by atoms with Crippen LogP contribution in [0.25, 0.3) is 0 Å². The first-order valence-corrected chi connectivity index (χ1v) is 9.16.